The molecule has 1 amide bonds. The summed E-state index contributed by atoms with van der Waals surface area (Å²) in [6.45, 7) is 1.97. The van der Waals surface area contributed by atoms with Gasteiger partial charge in [-0.25, -0.2) is 13.4 Å². The zero-order valence-electron chi connectivity index (χ0n) is 16.7. The smallest absolute Gasteiger partial charge is 0.261 e. The Labute approximate surface area is 183 Å². The number of thiazole rings is 1. The van der Waals surface area contributed by atoms with Crippen LogP contribution in [0.2, 0.25) is 0 Å². The third kappa shape index (κ3) is 4.37. The van der Waals surface area contributed by atoms with E-state index in [-0.39, 0.29) is 10.8 Å². The van der Waals surface area contributed by atoms with Gasteiger partial charge in [0.1, 0.15) is 11.3 Å². The van der Waals surface area contributed by atoms with Crippen molar-refractivity contribution >= 4 is 48.3 Å². The molecule has 0 atom stereocenters. The minimum Gasteiger partial charge on any atom is -0.494 e. The number of fused-ring (bicyclic) bond motifs is 1. The second-order valence-corrected chi connectivity index (χ2v) is 9.41. The van der Waals surface area contributed by atoms with Crippen molar-refractivity contribution in [1.29, 1.82) is 0 Å². The highest BCUT2D eigenvalue weighted by atomic mass is 32.2. The van der Waals surface area contributed by atoms with E-state index >= 15 is 0 Å². The molecule has 1 aromatic heterocycles. The lowest BCUT2D eigenvalue weighted by Crippen LogP contribution is -2.14. The molecule has 1 heterocycles. The molecule has 158 valence electrons. The summed E-state index contributed by atoms with van der Waals surface area (Å²) in [5.41, 5.74) is 2.49. The Hall–Kier alpha value is -3.43. The molecule has 31 heavy (non-hydrogen) atoms. The SMILES string of the molecule is COc1ccc(C)c2sc(NC(=O)c3ccc(NS(=O)(=O)c4ccccc4)cc3)nc12. The first-order chi connectivity index (χ1) is 14.9. The number of hydrogen-bond acceptors (Lipinski definition) is 6. The lowest BCUT2D eigenvalue weighted by atomic mass is 10.2. The van der Waals surface area contributed by atoms with Gasteiger partial charge in [-0.05, 0) is 55.0 Å². The van der Waals surface area contributed by atoms with E-state index in [2.05, 4.69) is 15.0 Å². The number of amides is 1. The maximum atomic E-state index is 12.6. The molecule has 0 saturated carbocycles. The molecular formula is C22H19N3O4S2. The van der Waals surface area contributed by atoms with Gasteiger partial charge >= 0.3 is 0 Å². The highest BCUT2D eigenvalue weighted by Gasteiger charge is 2.16. The van der Waals surface area contributed by atoms with E-state index in [1.165, 1.54) is 23.5 Å². The lowest BCUT2D eigenvalue weighted by molar-refractivity contribution is 0.102. The molecule has 7 nitrogen and oxygen atoms in total. The van der Waals surface area contributed by atoms with Crippen LogP contribution in [-0.4, -0.2) is 26.4 Å². The summed E-state index contributed by atoms with van der Waals surface area (Å²) in [6.07, 6.45) is 0. The summed E-state index contributed by atoms with van der Waals surface area (Å²) in [4.78, 5) is 17.3. The van der Waals surface area contributed by atoms with Gasteiger partial charge in [0.15, 0.2) is 5.13 Å². The standard InChI is InChI=1S/C22H19N3O4S2/c1-14-8-13-18(29-2)19-20(14)30-22(23-19)24-21(26)15-9-11-16(12-10-15)25-31(27,28)17-6-4-3-5-7-17/h3-13,25H,1-2H3,(H,23,24,26). The molecule has 3 aromatic carbocycles. The largest absolute Gasteiger partial charge is 0.494 e. The number of carbonyl (C=O) groups is 1. The van der Waals surface area contributed by atoms with Gasteiger partial charge in [0.25, 0.3) is 15.9 Å². The first-order valence-electron chi connectivity index (χ1n) is 9.31. The average Bonchev–Trinajstić information content (AvgIpc) is 3.19. The molecule has 0 unspecified atom stereocenters. The van der Waals surface area contributed by atoms with Gasteiger partial charge in [0, 0.05) is 11.3 Å². The van der Waals surface area contributed by atoms with E-state index in [9.17, 15) is 13.2 Å². The Balaban J connectivity index is 1.50. The fourth-order valence-electron chi connectivity index (χ4n) is 3.00. The highest BCUT2D eigenvalue weighted by Crippen LogP contribution is 2.34. The van der Waals surface area contributed by atoms with Crippen LogP contribution < -0.4 is 14.8 Å². The fraction of sp³-hybridized carbons (Fsp3) is 0.0909. The molecule has 2 N–H and O–H groups in total. The van der Waals surface area contributed by atoms with Crippen molar-refractivity contribution in [2.75, 3.05) is 17.1 Å². The molecule has 4 aromatic rings. The minimum absolute atomic E-state index is 0.165. The number of aromatic nitrogens is 1. The van der Waals surface area contributed by atoms with Crippen LogP contribution in [0, 0.1) is 6.92 Å². The first kappa shape index (κ1) is 20.8. The van der Waals surface area contributed by atoms with Gasteiger partial charge < -0.3 is 4.74 Å². The second kappa shape index (κ2) is 8.37. The van der Waals surface area contributed by atoms with Crippen LogP contribution in [0.25, 0.3) is 10.2 Å². The third-order valence-electron chi connectivity index (χ3n) is 4.60. The zero-order valence-corrected chi connectivity index (χ0v) is 18.4. The van der Waals surface area contributed by atoms with Crippen LogP contribution in [0.4, 0.5) is 10.8 Å². The van der Waals surface area contributed by atoms with Crippen LogP contribution in [-0.2, 0) is 10.0 Å². The molecule has 0 aliphatic rings. The average molecular weight is 454 g/mol. The molecule has 0 radical (unpaired) electrons. The number of aryl methyl sites for hydroxylation is 1. The number of rotatable bonds is 6. The summed E-state index contributed by atoms with van der Waals surface area (Å²) in [6, 6.07) is 18.1. The van der Waals surface area contributed by atoms with Crippen LogP contribution in [0.3, 0.4) is 0 Å². The Bertz CT molecular complexity index is 1350. The van der Waals surface area contributed by atoms with Gasteiger partial charge in [0.2, 0.25) is 0 Å². The number of hydrogen-bond donors (Lipinski definition) is 2. The normalized spacial score (nSPS) is 11.3. The van der Waals surface area contributed by atoms with Crippen LogP contribution in [0.1, 0.15) is 15.9 Å². The molecule has 0 aliphatic heterocycles. The van der Waals surface area contributed by atoms with Gasteiger partial charge in [0.05, 0.1) is 16.7 Å². The molecule has 0 aliphatic carbocycles. The van der Waals surface area contributed by atoms with Crippen molar-refractivity contribution in [3.63, 3.8) is 0 Å². The molecule has 4 rings (SSSR count). The number of carbonyl (C=O) groups excluding carboxylic acids is 1. The Morgan fingerprint density at radius 1 is 1.00 bits per heavy atom. The Morgan fingerprint density at radius 3 is 2.39 bits per heavy atom. The molecule has 0 fully saturated rings. The minimum atomic E-state index is -3.69. The number of ether oxygens (including phenoxy) is 1. The van der Waals surface area contributed by atoms with E-state index in [0.717, 1.165) is 10.3 Å². The number of nitrogens with zero attached hydrogens (tertiary/aromatic N) is 1. The van der Waals surface area contributed by atoms with Crippen molar-refractivity contribution in [2.45, 2.75) is 11.8 Å². The van der Waals surface area contributed by atoms with Crippen LogP contribution in [0.5, 0.6) is 5.75 Å². The number of anilines is 2. The predicted molar refractivity (Wildman–Crippen MR) is 123 cm³/mol. The Kier molecular flexibility index (Phi) is 5.62. The monoisotopic (exact) mass is 453 g/mol. The summed E-state index contributed by atoms with van der Waals surface area (Å²) >= 11 is 1.37. The van der Waals surface area contributed by atoms with E-state index in [4.69, 9.17) is 4.74 Å². The number of nitrogens with one attached hydrogen (secondary N) is 2. The molecule has 9 heteroatoms. The molecule has 0 saturated heterocycles. The van der Waals surface area contributed by atoms with Crippen molar-refractivity contribution in [1.82, 2.24) is 4.98 Å². The predicted octanol–water partition coefficient (Wildman–Crippen LogP) is 4.67. The quantitative estimate of drug-likeness (QED) is 0.442. The topological polar surface area (TPSA) is 97.4 Å². The van der Waals surface area contributed by atoms with Crippen molar-refractivity contribution < 1.29 is 17.9 Å². The maximum Gasteiger partial charge on any atom is 0.261 e. The van der Waals surface area contributed by atoms with Crippen molar-refractivity contribution in [3.05, 3.63) is 77.9 Å². The van der Waals surface area contributed by atoms with Crippen LogP contribution >= 0.6 is 11.3 Å². The number of methoxy groups -OCH3 is 1. The van der Waals surface area contributed by atoms with Crippen molar-refractivity contribution in [2.24, 2.45) is 0 Å². The first-order valence-corrected chi connectivity index (χ1v) is 11.6. The molecule has 0 spiro atoms. The summed E-state index contributed by atoms with van der Waals surface area (Å²) in [5, 5.41) is 3.25. The zero-order chi connectivity index (χ0) is 22.0. The van der Waals surface area contributed by atoms with E-state index in [0.29, 0.717) is 27.6 Å². The summed E-state index contributed by atoms with van der Waals surface area (Å²) in [5.74, 6) is 0.306. The van der Waals surface area contributed by atoms with E-state index in [1.807, 2.05) is 19.1 Å². The van der Waals surface area contributed by atoms with Crippen molar-refractivity contribution in [3.8, 4) is 5.75 Å². The van der Waals surface area contributed by atoms with E-state index < -0.39 is 10.0 Å². The highest BCUT2D eigenvalue weighted by molar-refractivity contribution is 7.92. The molecular weight excluding hydrogens is 434 g/mol. The van der Waals surface area contributed by atoms with Gasteiger partial charge in [-0.3, -0.25) is 14.8 Å². The van der Waals surface area contributed by atoms with Crippen LogP contribution in [0.15, 0.2) is 71.6 Å². The summed E-state index contributed by atoms with van der Waals surface area (Å²) in [7, 11) is -2.11. The number of sulfonamides is 1. The van der Waals surface area contributed by atoms with Gasteiger partial charge in [-0.15, -0.1) is 0 Å². The third-order valence-corrected chi connectivity index (χ3v) is 7.10. The van der Waals surface area contributed by atoms with Gasteiger partial charge in [-0.1, -0.05) is 35.6 Å². The maximum absolute atomic E-state index is 12.6. The molecule has 0 bridgehead atoms. The summed E-state index contributed by atoms with van der Waals surface area (Å²) < 4.78 is 33.6. The van der Waals surface area contributed by atoms with Gasteiger partial charge in [-0.2, -0.15) is 0 Å². The van der Waals surface area contributed by atoms with E-state index in [1.54, 1.807) is 49.6 Å². The number of benzene rings is 3. The fourth-order valence-corrected chi connectivity index (χ4v) is 5.03. The Morgan fingerprint density at radius 2 is 1.71 bits per heavy atom. The lowest BCUT2D eigenvalue weighted by Gasteiger charge is -2.08. The second-order valence-electron chi connectivity index (χ2n) is 6.73.